The van der Waals surface area contributed by atoms with Crippen LogP contribution in [0.15, 0.2) is 47.4 Å². The van der Waals surface area contributed by atoms with Gasteiger partial charge in [0.1, 0.15) is 11.5 Å². The van der Waals surface area contributed by atoms with Crippen LogP contribution >= 0.6 is 11.6 Å². The molecule has 21 heavy (non-hydrogen) atoms. The summed E-state index contributed by atoms with van der Waals surface area (Å²) in [6.07, 6.45) is 0. The Bertz CT molecular complexity index is 746. The zero-order chi connectivity index (χ0) is 15.5. The SMILES string of the molecule is COc1ccc(NS(=O)(=O)c2cccc(Cl)c2)c(OC)c1. The molecule has 0 atom stereocenters. The largest absolute Gasteiger partial charge is 0.497 e. The Kier molecular flexibility index (Phi) is 4.59. The fraction of sp³-hybridized carbons (Fsp3) is 0.143. The maximum Gasteiger partial charge on any atom is 0.262 e. The Morgan fingerprint density at radius 1 is 1.05 bits per heavy atom. The van der Waals surface area contributed by atoms with Gasteiger partial charge in [0.2, 0.25) is 0 Å². The van der Waals surface area contributed by atoms with Crippen molar-refractivity contribution in [1.82, 2.24) is 0 Å². The lowest BCUT2D eigenvalue weighted by Gasteiger charge is -2.13. The minimum absolute atomic E-state index is 0.0767. The van der Waals surface area contributed by atoms with E-state index < -0.39 is 10.0 Å². The summed E-state index contributed by atoms with van der Waals surface area (Å²) in [5.74, 6) is 0.928. The maximum absolute atomic E-state index is 12.3. The van der Waals surface area contributed by atoms with E-state index in [0.717, 1.165) is 0 Å². The first-order valence-corrected chi connectivity index (χ1v) is 7.83. The molecule has 0 fully saturated rings. The summed E-state index contributed by atoms with van der Waals surface area (Å²) in [7, 11) is -0.774. The molecule has 0 aliphatic heterocycles. The molecule has 2 aromatic rings. The van der Waals surface area contributed by atoms with Gasteiger partial charge in [0, 0.05) is 11.1 Å². The molecular formula is C14H14ClNO4S. The van der Waals surface area contributed by atoms with E-state index >= 15 is 0 Å². The molecule has 0 saturated heterocycles. The Morgan fingerprint density at radius 2 is 1.81 bits per heavy atom. The van der Waals surface area contributed by atoms with Crippen LogP contribution in [-0.4, -0.2) is 22.6 Å². The fourth-order valence-corrected chi connectivity index (χ4v) is 3.09. The summed E-state index contributed by atoms with van der Waals surface area (Å²) in [6.45, 7) is 0. The van der Waals surface area contributed by atoms with Crippen LogP contribution in [0.25, 0.3) is 0 Å². The van der Waals surface area contributed by atoms with Crippen LogP contribution in [0.2, 0.25) is 5.02 Å². The summed E-state index contributed by atoms with van der Waals surface area (Å²) < 4.78 is 37.3. The minimum atomic E-state index is -3.74. The second-order valence-corrected chi connectivity index (χ2v) is 6.25. The monoisotopic (exact) mass is 327 g/mol. The van der Waals surface area contributed by atoms with E-state index in [0.29, 0.717) is 22.2 Å². The minimum Gasteiger partial charge on any atom is -0.497 e. The standard InChI is InChI=1S/C14H14ClNO4S/c1-19-11-6-7-13(14(9-11)20-2)16-21(17,18)12-5-3-4-10(15)8-12/h3-9,16H,1-2H3. The predicted molar refractivity (Wildman–Crippen MR) is 81.8 cm³/mol. The number of benzene rings is 2. The molecule has 5 nitrogen and oxygen atoms in total. The lowest BCUT2D eigenvalue weighted by molar-refractivity contribution is 0.395. The number of halogens is 1. The van der Waals surface area contributed by atoms with Crippen molar-refractivity contribution in [3.63, 3.8) is 0 Å². The van der Waals surface area contributed by atoms with Gasteiger partial charge >= 0.3 is 0 Å². The van der Waals surface area contributed by atoms with Gasteiger partial charge in [-0.05, 0) is 30.3 Å². The Hall–Kier alpha value is -1.92. The highest BCUT2D eigenvalue weighted by Gasteiger charge is 2.17. The molecule has 0 heterocycles. The van der Waals surface area contributed by atoms with Gasteiger partial charge < -0.3 is 9.47 Å². The van der Waals surface area contributed by atoms with Gasteiger partial charge in [0.05, 0.1) is 24.8 Å². The zero-order valence-corrected chi connectivity index (χ0v) is 13.0. The molecule has 1 N–H and O–H groups in total. The van der Waals surface area contributed by atoms with Gasteiger partial charge in [-0.15, -0.1) is 0 Å². The van der Waals surface area contributed by atoms with Crippen molar-refractivity contribution in [3.8, 4) is 11.5 Å². The van der Waals surface area contributed by atoms with Gasteiger partial charge in [-0.25, -0.2) is 8.42 Å². The normalized spacial score (nSPS) is 11.0. The van der Waals surface area contributed by atoms with E-state index in [1.807, 2.05) is 0 Å². The molecule has 0 aliphatic rings. The van der Waals surface area contributed by atoms with Crippen molar-refractivity contribution in [2.45, 2.75) is 4.90 Å². The van der Waals surface area contributed by atoms with E-state index in [9.17, 15) is 8.42 Å². The number of ether oxygens (including phenoxy) is 2. The predicted octanol–water partition coefficient (Wildman–Crippen LogP) is 3.16. The van der Waals surface area contributed by atoms with E-state index in [1.165, 1.54) is 26.4 Å². The molecule has 0 radical (unpaired) electrons. The van der Waals surface area contributed by atoms with Crippen molar-refractivity contribution < 1.29 is 17.9 Å². The number of hydrogen-bond acceptors (Lipinski definition) is 4. The first kappa shape index (κ1) is 15.5. The second-order valence-electron chi connectivity index (χ2n) is 4.13. The van der Waals surface area contributed by atoms with Gasteiger partial charge in [-0.3, -0.25) is 4.72 Å². The fourth-order valence-electron chi connectivity index (χ4n) is 1.72. The van der Waals surface area contributed by atoms with Gasteiger partial charge in [0.15, 0.2) is 0 Å². The third-order valence-corrected chi connectivity index (χ3v) is 4.36. The van der Waals surface area contributed by atoms with E-state index in [4.69, 9.17) is 21.1 Å². The lowest BCUT2D eigenvalue weighted by Crippen LogP contribution is -2.13. The Labute approximate surface area is 128 Å². The molecule has 0 aliphatic carbocycles. The first-order chi connectivity index (χ1) is 9.96. The summed E-state index contributed by atoms with van der Waals surface area (Å²) in [5, 5.41) is 0.347. The average molecular weight is 328 g/mol. The second kappa shape index (κ2) is 6.24. The first-order valence-electron chi connectivity index (χ1n) is 5.96. The average Bonchev–Trinajstić information content (AvgIpc) is 2.47. The van der Waals surface area contributed by atoms with Crippen LogP contribution in [0.1, 0.15) is 0 Å². The van der Waals surface area contributed by atoms with E-state index in [1.54, 1.807) is 30.3 Å². The molecular weight excluding hydrogens is 314 g/mol. The summed E-state index contributed by atoms with van der Waals surface area (Å²) in [5.41, 5.74) is 0.318. The van der Waals surface area contributed by atoms with Crippen LogP contribution in [0.4, 0.5) is 5.69 Å². The molecule has 0 amide bonds. The van der Waals surface area contributed by atoms with Crippen LogP contribution in [0.5, 0.6) is 11.5 Å². The summed E-state index contributed by atoms with van der Waals surface area (Å²) in [4.78, 5) is 0.0767. The van der Waals surface area contributed by atoms with Crippen molar-refractivity contribution in [2.75, 3.05) is 18.9 Å². The van der Waals surface area contributed by atoms with Crippen LogP contribution < -0.4 is 14.2 Å². The van der Waals surface area contributed by atoms with Crippen molar-refractivity contribution >= 4 is 27.3 Å². The number of nitrogens with one attached hydrogen (secondary N) is 1. The number of anilines is 1. The molecule has 0 bridgehead atoms. The summed E-state index contributed by atoms with van der Waals surface area (Å²) >= 11 is 5.82. The molecule has 112 valence electrons. The van der Waals surface area contributed by atoms with Crippen molar-refractivity contribution in [3.05, 3.63) is 47.5 Å². The van der Waals surface area contributed by atoms with Crippen LogP contribution in [-0.2, 0) is 10.0 Å². The Morgan fingerprint density at radius 3 is 2.43 bits per heavy atom. The van der Waals surface area contributed by atoms with E-state index in [2.05, 4.69) is 4.72 Å². The topological polar surface area (TPSA) is 64.6 Å². The lowest BCUT2D eigenvalue weighted by atomic mass is 10.3. The van der Waals surface area contributed by atoms with Crippen molar-refractivity contribution in [2.24, 2.45) is 0 Å². The maximum atomic E-state index is 12.3. The molecule has 0 aromatic heterocycles. The number of hydrogen-bond donors (Lipinski definition) is 1. The Balaban J connectivity index is 2.37. The zero-order valence-electron chi connectivity index (χ0n) is 11.5. The quantitative estimate of drug-likeness (QED) is 0.916. The highest BCUT2D eigenvalue weighted by Crippen LogP contribution is 2.31. The molecule has 7 heteroatoms. The van der Waals surface area contributed by atoms with Crippen LogP contribution in [0.3, 0.4) is 0 Å². The highest BCUT2D eigenvalue weighted by atomic mass is 35.5. The molecule has 2 rings (SSSR count). The molecule has 0 unspecified atom stereocenters. The van der Waals surface area contributed by atoms with Crippen LogP contribution in [0, 0.1) is 0 Å². The van der Waals surface area contributed by atoms with E-state index in [-0.39, 0.29) is 4.90 Å². The number of methoxy groups -OCH3 is 2. The summed E-state index contributed by atoms with van der Waals surface area (Å²) in [6, 6.07) is 10.8. The van der Waals surface area contributed by atoms with Gasteiger partial charge in [-0.1, -0.05) is 17.7 Å². The van der Waals surface area contributed by atoms with Gasteiger partial charge in [-0.2, -0.15) is 0 Å². The van der Waals surface area contributed by atoms with Gasteiger partial charge in [0.25, 0.3) is 10.0 Å². The number of sulfonamides is 1. The number of rotatable bonds is 5. The highest BCUT2D eigenvalue weighted by molar-refractivity contribution is 7.92. The third-order valence-electron chi connectivity index (χ3n) is 2.76. The molecule has 2 aromatic carbocycles. The molecule has 0 saturated carbocycles. The van der Waals surface area contributed by atoms with Crippen molar-refractivity contribution in [1.29, 1.82) is 0 Å². The third kappa shape index (κ3) is 3.59. The molecule has 0 spiro atoms. The smallest absolute Gasteiger partial charge is 0.262 e.